The third-order valence-corrected chi connectivity index (χ3v) is 4.57. The van der Waals surface area contributed by atoms with Crippen molar-refractivity contribution in [3.8, 4) is 5.75 Å². The molecule has 1 aliphatic heterocycles. The van der Waals surface area contributed by atoms with Crippen LogP contribution in [-0.2, 0) is 0 Å². The van der Waals surface area contributed by atoms with E-state index in [1.54, 1.807) is 11.1 Å². The second-order valence-electron chi connectivity index (χ2n) is 6.46. The summed E-state index contributed by atoms with van der Waals surface area (Å²) in [5.41, 5.74) is 3.60. The first kappa shape index (κ1) is 17.1. The van der Waals surface area contributed by atoms with Gasteiger partial charge >= 0.3 is 0 Å². The highest BCUT2D eigenvalue weighted by atomic mass is 16.5. The molecule has 1 unspecified atom stereocenters. The van der Waals surface area contributed by atoms with Gasteiger partial charge in [0.2, 0.25) is 0 Å². The van der Waals surface area contributed by atoms with Crippen LogP contribution in [-0.4, -0.2) is 17.5 Å². The van der Waals surface area contributed by atoms with Gasteiger partial charge in [-0.3, -0.25) is 9.69 Å². The topological polar surface area (TPSA) is 54.5 Å². The zero-order valence-electron chi connectivity index (χ0n) is 15.3. The van der Waals surface area contributed by atoms with Gasteiger partial charge in [0, 0.05) is 23.0 Å². The SMILES string of the molecule is CCOc1ccc(NC2c3ccccc3C(=O)N2c2ccc(C)cn2)cc1. The first-order chi connectivity index (χ1) is 13.2. The number of carbonyl (C=O) groups is 1. The zero-order valence-corrected chi connectivity index (χ0v) is 15.3. The van der Waals surface area contributed by atoms with Crippen molar-refractivity contribution in [3.63, 3.8) is 0 Å². The Bertz CT molecular complexity index is 952. The van der Waals surface area contributed by atoms with E-state index in [9.17, 15) is 4.79 Å². The van der Waals surface area contributed by atoms with Crippen LogP contribution in [0.4, 0.5) is 11.5 Å². The maximum Gasteiger partial charge on any atom is 0.261 e. The highest BCUT2D eigenvalue weighted by Gasteiger charge is 2.38. The number of amides is 1. The molecule has 1 aromatic heterocycles. The van der Waals surface area contributed by atoms with Gasteiger partial charge in [-0.25, -0.2) is 4.98 Å². The number of hydrogen-bond acceptors (Lipinski definition) is 4. The number of ether oxygens (including phenoxy) is 1. The Hall–Kier alpha value is -3.34. The summed E-state index contributed by atoms with van der Waals surface area (Å²) in [5, 5.41) is 3.47. The molecule has 1 amide bonds. The minimum Gasteiger partial charge on any atom is -0.494 e. The number of anilines is 2. The average molecular weight is 359 g/mol. The first-order valence-electron chi connectivity index (χ1n) is 9.02. The van der Waals surface area contributed by atoms with Gasteiger partial charge in [-0.15, -0.1) is 0 Å². The minimum absolute atomic E-state index is 0.0506. The molecule has 5 heteroatoms. The Morgan fingerprint density at radius 3 is 2.56 bits per heavy atom. The molecule has 5 nitrogen and oxygen atoms in total. The van der Waals surface area contributed by atoms with E-state index in [0.717, 1.165) is 22.6 Å². The summed E-state index contributed by atoms with van der Waals surface area (Å²) in [5.74, 6) is 1.40. The maximum atomic E-state index is 13.0. The Kier molecular flexibility index (Phi) is 4.50. The van der Waals surface area contributed by atoms with Crippen LogP contribution in [0.5, 0.6) is 5.75 Å². The molecule has 1 atom stereocenters. The number of aryl methyl sites for hydroxylation is 1. The number of nitrogens with zero attached hydrogens (tertiary/aromatic N) is 2. The van der Waals surface area contributed by atoms with Gasteiger partial charge in [-0.1, -0.05) is 24.3 Å². The summed E-state index contributed by atoms with van der Waals surface area (Å²) in [6.07, 6.45) is 1.46. The average Bonchev–Trinajstić information content (AvgIpc) is 2.97. The van der Waals surface area contributed by atoms with Crippen molar-refractivity contribution in [2.45, 2.75) is 20.0 Å². The van der Waals surface area contributed by atoms with Crippen molar-refractivity contribution in [3.05, 3.63) is 83.6 Å². The number of benzene rings is 2. The third kappa shape index (κ3) is 3.24. The molecular weight excluding hydrogens is 338 g/mol. The quantitative estimate of drug-likeness (QED) is 0.726. The fourth-order valence-electron chi connectivity index (χ4n) is 3.27. The normalized spacial score (nSPS) is 15.6. The van der Waals surface area contributed by atoms with E-state index in [-0.39, 0.29) is 12.1 Å². The molecular formula is C22H21N3O2. The van der Waals surface area contributed by atoms with Crippen LogP contribution in [0.2, 0.25) is 0 Å². The van der Waals surface area contributed by atoms with Crippen molar-refractivity contribution >= 4 is 17.4 Å². The molecule has 136 valence electrons. The van der Waals surface area contributed by atoms with Crippen LogP contribution in [0.3, 0.4) is 0 Å². The molecule has 2 aromatic carbocycles. The molecule has 0 fully saturated rings. The van der Waals surface area contributed by atoms with Crippen molar-refractivity contribution in [1.82, 2.24) is 4.98 Å². The standard InChI is InChI=1S/C22H21N3O2/c1-3-27-17-11-9-16(10-12-17)24-21-18-6-4-5-7-19(18)22(26)25(21)20-13-8-15(2)14-23-20/h4-14,21,24H,3H2,1-2H3. The molecule has 4 rings (SSSR count). The summed E-state index contributed by atoms with van der Waals surface area (Å²) in [4.78, 5) is 19.2. The van der Waals surface area contributed by atoms with Crippen molar-refractivity contribution in [1.29, 1.82) is 0 Å². The van der Waals surface area contributed by atoms with Crippen molar-refractivity contribution in [2.24, 2.45) is 0 Å². The van der Waals surface area contributed by atoms with Crippen LogP contribution in [0, 0.1) is 6.92 Å². The Morgan fingerprint density at radius 1 is 1.07 bits per heavy atom. The van der Waals surface area contributed by atoms with Gasteiger partial charge in [0.05, 0.1) is 6.61 Å². The Morgan fingerprint density at radius 2 is 1.85 bits per heavy atom. The van der Waals surface area contributed by atoms with E-state index in [4.69, 9.17) is 4.74 Å². The number of pyridine rings is 1. The number of nitrogens with one attached hydrogen (secondary N) is 1. The number of fused-ring (bicyclic) bond motifs is 1. The lowest BCUT2D eigenvalue weighted by atomic mass is 10.1. The van der Waals surface area contributed by atoms with Crippen molar-refractivity contribution < 1.29 is 9.53 Å². The fraction of sp³-hybridized carbons (Fsp3) is 0.182. The van der Waals surface area contributed by atoms with E-state index in [0.29, 0.717) is 18.0 Å². The fourth-order valence-corrected chi connectivity index (χ4v) is 3.27. The van der Waals surface area contributed by atoms with Crippen LogP contribution >= 0.6 is 0 Å². The minimum atomic E-state index is -0.318. The Labute approximate surface area is 158 Å². The predicted octanol–water partition coefficient (Wildman–Crippen LogP) is 4.56. The number of rotatable bonds is 5. The zero-order chi connectivity index (χ0) is 18.8. The monoisotopic (exact) mass is 359 g/mol. The first-order valence-corrected chi connectivity index (χ1v) is 9.02. The molecule has 0 saturated heterocycles. The van der Waals surface area contributed by atoms with E-state index >= 15 is 0 Å². The number of aromatic nitrogens is 1. The summed E-state index contributed by atoms with van der Waals surface area (Å²) >= 11 is 0. The summed E-state index contributed by atoms with van der Waals surface area (Å²) in [6.45, 7) is 4.57. The van der Waals surface area contributed by atoms with Crippen molar-refractivity contribution in [2.75, 3.05) is 16.8 Å². The molecule has 0 bridgehead atoms. The molecule has 0 radical (unpaired) electrons. The highest BCUT2D eigenvalue weighted by molar-refractivity contribution is 6.11. The highest BCUT2D eigenvalue weighted by Crippen LogP contribution is 2.37. The van der Waals surface area contributed by atoms with Crippen LogP contribution in [0.15, 0.2) is 66.9 Å². The van der Waals surface area contributed by atoms with Crippen LogP contribution in [0.25, 0.3) is 0 Å². The molecule has 2 heterocycles. The third-order valence-electron chi connectivity index (χ3n) is 4.57. The van der Waals surface area contributed by atoms with Gasteiger partial charge < -0.3 is 10.1 Å². The van der Waals surface area contributed by atoms with Gasteiger partial charge in [0.1, 0.15) is 17.7 Å². The van der Waals surface area contributed by atoms with E-state index in [1.165, 1.54) is 0 Å². The Balaban J connectivity index is 1.70. The summed E-state index contributed by atoms with van der Waals surface area (Å²) in [7, 11) is 0. The van der Waals surface area contributed by atoms with E-state index in [1.807, 2.05) is 74.5 Å². The molecule has 0 saturated carbocycles. The maximum absolute atomic E-state index is 13.0. The molecule has 1 N–H and O–H groups in total. The molecule has 1 aliphatic rings. The molecule has 0 aliphatic carbocycles. The van der Waals surface area contributed by atoms with Gasteiger partial charge in [-0.05, 0) is 55.8 Å². The number of carbonyl (C=O) groups excluding carboxylic acids is 1. The smallest absolute Gasteiger partial charge is 0.261 e. The second kappa shape index (κ2) is 7.11. The summed E-state index contributed by atoms with van der Waals surface area (Å²) < 4.78 is 5.50. The van der Waals surface area contributed by atoms with Gasteiger partial charge in [0.25, 0.3) is 5.91 Å². The molecule has 3 aromatic rings. The summed E-state index contributed by atoms with van der Waals surface area (Å²) in [6, 6.07) is 19.3. The van der Waals surface area contributed by atoms with Gasteiger partial charge in [-0.2, -0.15) is 0 Å². The van der Waals surface area contributed by atoms with E-state index < -0.39 is 0 Å². The lowest BCUT2D eigenvalue weighted by Gasteiger charge is -2.26. The second-order valence-corrected chi connectivity index (χ2v) is 6.46. The number of hydrogen-bond donors (Lipinski definition) is 1. The van der Waals surface area contributed by atoms with E-state index in [2.05, 4.69) is 10.3 Å². The largest absolute Gasteiger partial charge is 0.494 e. The molecule has 27 heavy (non-hydrogen) atoms. The lowest BCUT2D eigenvalue weighted by Crippen LogP contribution is -2.32. The van der Waals surface area contributed by atoms with Crippen LogP contribution in [0.1, 0.15) is 34.6 Å². The molecule has 0 spiro atoms. The predicted molar refractivity (Wildman–Crippen MR) is 106 cm³/mol. The van der Waals surface area contributed by atoms with Gasteiger partial charge in [0.15, 0.2) is 0 Å². The van der Waals surface area contributed by atoms with Crippen LogP contribution < -0.4 is 15.0 Å². The lowest BCUT2D eigenvalue weighted by molar-refractivity contribution is 0.0992.